The van der Waals surface area contributed by atoms with Crippen LogP contribution in [0.1, 0.15) is 11.5 Å². The van der Waals surface area contributed by atoms with Gasteiger partial charge in [-0.3, -0.25) is 0 Å². The van der Waals surface area contributed by atoms with E-state index in [0.29, 0.717) is 11.5 Å². The van der Waals surface area contributed by atoms with Gasteiger partial charge in [0.2, 0.25) is 10.0 Å². The molecule has 2 rings (SSSR count). The van der Waals surface area contributed by atoms with Crippen LogP contribution in [0.4, 0.5) is 5.82 Å². The Kier molecular flexibility index (Phi) is 3.30. The molecular formula is C10H12N4O3S. The normalized spacial score (nSPS) is 11.6. The van der Waals surface area contributed by atoms with Crippen molar-refractivity contribution in [1.82, 2.24) is 14.9 Å². The van der Waals surface area contributed by atoms with Gasteiger partial charge in [-0.2, -0.15) is 0 Å². The van der Waals surface area contributed by atoms with Crippen molar-refractivity contribution < 1.29 is 12.9 Å². The minimum absolute atomic E-state index is 0.0357. The first-order chi connectivity index (χ1) is 8.49. The van der Waals surface area contributed by atoms with Crippen LogP contribution in [0.3, 0.4) is 0 Å². The van der Waals surface area contributed by atoms with Gasteiger partial charge >= 0.3 is 0 Å². The van der Waals surface area contributed by atoms with Crippen LogP contribution in [0.15, 0.2) is 33.8 Å². The third-order valence-corrected chi connectivity index (χ3v) is 3.66. The fourth-order valence-electron chi connectivity index (χ4n) is 1.38. The Morgan fingerprint density at radius 2 is 2.28 bits per heavy atom. The van der Waals surface area contributed by atoms with Crippen LogP contribution in [0.2, 0.25) is 0 Å². The topological polar surface area (TPSA) is 111 Å². The number of hydrogen-bond donors (Lipinski definition) is 2. The molecule has 0 aliphatic carbocycles. The molecule has 0 saturated carbocycles. The highest BCUT2D eigenvalue weighted by Gasteiger charge is 2.18. The summed E-state index contributed by atoms with van der Waals surface area (Å²) in [5.41, 5.74) is 6.01. The summed E-state index contributed by atoms with van der Waals surface area (Å²) >= 11 is 0. The molecule has 0 amide bonds. The highest BCUT2D eigenvalue weighted by molar-refractivity contribution is 7.89. The lowest BCUT2D eigenvalue weighted by Gasteiger charge is -2.06. The van der Waals surface area contributed by atoms with Gasteiger partial charge in [0, 0.05) is 12.3 Å². The van der Waals surface area contributed by atoms with Gasteiger partial charge in [0.15, 0.2) is 0 Å². The zero-order chi connectivity index (χ0) is 13.2. The summed E-state index contributed by atoms with van der Waals surface area (Å²) in [6, 6.07) is 4.54. The largest absolute Gasteiger partial charge is 0.383 e. The van der Waals surface area contributed by atoms with Crippen LogP contribution < -0.4 is 10.5 Å². The maximum Gasteiger partial charge on any atom is 0.244 e. The predicted octanol–water partition coefficient (Wildman–Crippen LogP) is 0.439. The fraction of sp³-hybridized carbons (Fsp3) is 0.200. The lowest BCUT2D eigenvalue weighted by molar-refractivity contribution is 0.390. The number of nitrogens with zero attached hydrogens (tertiary/aromatic N) is 2. The van der Waals surface area contributed by atoms with Crippen LogP contribution in [-0.2, 0) is 16.6 Å². The average Bonchev–Trinajstić information content (AvgIpc) is 2.73. The van der Waals surface area contributed by atoms with Crippen LogP contribution >= 0.6 is 0 Å². The first kappa shape index (κ1) is 12.5. The van der Waals surface area contributed by atoms with Gasteiger partial charge in [-0.25, -0.2) is 18.1 Å². The number of nitrogens with one attached hydrogen (secondary N) is 1. The summed E-state index contributed by atoms with van der Waals surface area (Å²) in [4.78, 5) is 3.68. The van der Waals surface area contributed by atoms with Crippen molar-refractivity contribution in [3.63, 3.8) is 0 Å². The molecule has 0 aliphatic heterocycles. The number of sulfonamides is 1. The molecule has 96 valence electrons. The van der Waals surface area contributed by atoms with E-state index in [9.17, 15) is 8.42 Å². The lowest BCUT2D eigenvalue weighted by Crippen LogP contribution is -2.24. The van der Waals surface area contributed by atoms with Gasteiger partial charge in [0.25, 0.3) is 0 Å². The third-order valence-electron chi connectivity index (χ3n) is 2.21. The van der Waals surface area contributed by atoms with Gasteiger partial charge in [0.05, 0.1) is 12.2 Å². The average molecular weight is 268 g/mol. The third kappa shape index (κ3) is 2.66. The Balaban J connectivity index is 2.16. The molecule has 0 aliphatic rings. The van der Waals surface area contributed by atoms with Crippen molar-refractivity contribution in [2.75, 3.05) is 5.73 Å². The summed E-state index contributed by atoms with van der Waals surface area (Å²) in [6.45, 7) is 1.76. The van der Waals surface area contributed by atoms with E-state index < -0.39 is 10.0 Å². The van der Waals surface area contributed by atoms with Gasteiger partial charge in [-0.1, -0.05) is 5.16 Å². The van der Waals surface area contributed by atoms with Gasteiger partial charge < -0.3 is 10.3 Å². The minimum atomic E-state index is -3.70. The number of rotatable bonds is 4. The quantitative estimate of drug-likeness (QED) is 0.832. The second-order valence-electron chi connectivity index (χ2n) is 3.64. The summed E-state index contributed by atoms with van der Waals surface area (Å²) in [5.74, 6) is 0.575. The number of pyridine rings is 1. The monoisotopic (exact) mass is 268 g/mol. The van der Waals surface area contributed by atoms with Crippen molar-refractivity contribution in [3.8, 4) is 0 Å². The van der Waals surface area contributed by atoms with Crippen LogP contribution in [0.25, 0.3) is 0 Å². The molecule has 0 radical (unpaired) electrons. The molecule has 2 aromatic rings. The molecule has 0 unspecified atom stereocenters. The van der Waals surface area contributed by atoms with Crippen molar-refractivity contribution in [2.24, 2.45) is 0 Å². The molecule has 0 saturated heterocycles. The molecule has 0 bridgehead atoms. The van der Waals surface area contributed by atoms with Crippen molar-refractivity contribution in [3.05, 3.63) is 35.9 Å². The number of aromatic nitrogens is 2. The molecule has 0 fully saturated rings. The van der Waals surface area contributed by atoms with E-state index in [4.69, 9.17) is 10.3 Å². The lowest BCUT2D eigenvalue weighted by atomic mass is 10.4. The zero-order valence-corrected chi connectivity index (χ0v) is 10.4. The highest BCUT2D eigenvalue weighted by Crippen LogP contribution is 2.14. The highest BCUT2D eigenvalue weighted by atomic mass is 32.2. The van der Waals surface area contributed by atoms with Crippen molar-refractivity contribution in [2.45, 2.75) is 18.4 Å². The number of nitrogen functional groups attached to an aromatic ring is 1. The SMILES string of the molecule is Cc1cc(CNS(=O)(=O)c2cccnc2N)no1. The molecule has 2 aromatic heterocycles. The Labute approximate surface area is 104 Å². The van der Waals surface area contributed by atoms with E-state index in [1.54, 1.807) is 13.0 Å². The van der Waals surface area contributed by atoms with Crippen molar-refractivity contribution in [1.29, 1.82) is 0 Å². The second kappa shape index (κ2) is 4.75. The molecule has 8 heteroatoms. The number of aryl methyl sites for hydroxylation is 1. The summed E-state index contributed by atoms with van der Waals surface area (Å²) < 4.78 is 31.1. The molecule has 3 N–H and O–H groups in total. The van der Waals surface area contributed by atoms with Crippen LogP contribution in [0.5, 0.6) is 0 Å². The molecule has 2 heterocycles. The molecule has 7 nitrogen and oxygen atoms in total. The molecule has 0 spiro atoms. The smallest absolute Gasteiger partial charge is 0.244 e. The first-order valence-corrected chi connectivity index (χ1v) is 6.60. The maximum atomic E-state index is 11.9. The number of anilines is 1. The molecule has 18 heavy (non-hydrogen) atoms. The van der Waals surface area contributed by atoms with Gasteiger partial charge in [0.1, 0.15) is 16.5 Å². The molecule has 0 aromatic carbocycles. The second-order valence-corrected chi connectivity index (χ2v) is 5.38. The van der Waals surface area contributed by atoms with E-state index in [-0.39, 0.29) is 17.3 Å². The molecular weight excluding hydrogens is 256 g/mol. The van der Waals surface area contributed by atoms with Crippen molar-refractivity contribution >= 4 is 15.8 Å². The van der Waals surface area contributed by atoms with E-state index in [1.165, 1.54) is 18.3 Å². The molecule has 0 atom stereocenters. The Morgan fingerprint density at radius 3 is 2.89 bits per heavy atom. The minimum Gasteiger partial charge on any atom is -0.383 e. The summed E-state index contributed by atoms with van der Waals surface area (Å²) in [5, 5.41) is 3.69. The zero-order valence-electron chi connectivity index (χ0n) is 9.62. The predicted molar refractivity (Wildman–Crippen MR) is 63.9 cm³/mol. The summed E-state index contributed by atoms with van der Waals surface area (Å²) in [6.07, 6.45) is 1.43. The summed E-state index contributed by atoms with van der Waals surface area (Å²) in [7, 11) is -3.70. The maximum absolute atomic E-state index is 11.9. The number of nitrogens with two attached hydrogens (primary N) is 1. The first-order valence-electron chi connectivity index (χ1n) is 5.11. The van der Waals surface area contributed by atoms with E-state index >= 15 is 0 Å². The Bertz CT molecular complexity index is 651. The van der Waals surface area contributed by atoms with Crippen LogP contribution in [0, 0.1) is 6.92 Å². The standard InChI is InChI=1S/C10H12N4O3S/c1-7-5-8(14-17-7)6-13-18(15,16)9-3-2-4-12-10(9)11/h2-5,13H,6H2,1H3,(H2,11,12). The fourth-order valence-corrected chi connectivity index (χ4v) is 2.46. The van der Waals surface area contributed by atoms with Gasteiger partial charge in [-0.15, -0.1) is 0 Å². The Hall–Kier alpha value is -1.93. The van der Waals surface area contributed by atoms with E-state index in [0.717, 1.165) is 0 Å². The number of hydrogen-bond acceptors (Lipinski definition) is 6. The van der Waals surface area contributed by atoms with E-state index in [1.807, 2.05) is 0 Å². The van der Waals surface area contributed by atoms with Gasteiger partial charge in [-0.05, 0) is 19.1 Å². The van der Waals surface area contributed by atoms with E-state index in [2.05, 4.69) is 14.9 Å². The van der Waals surface area contributed by atoms with Crippen LogP contribution in [-0.4, -0.2) is 18.6 Å². The Morgan fingerprint density at radius 1 is 1.50 bits per heavy atom.